The molecule has 3 aromatic rings. The van der Waals surface area contributed by atoms with Gasteiger partial charge in [-0.05, 0) is 42.7 Å². The van der Waals surface area contributed by atoms with Crippen LogP contribution in [0, 0.1) is 17.1 Å². The van der Waals surface area contributed by atoms with Gasteiger partial charge in [-0.25, -0.2) is 4.39 Å². The standard InChI is InChI=1S/C24H19F4N3O/c25-18-9-7-16(21(14-18)24(26,27)28)13-23(32)31-12-4-3-11-30(31)22-10-8-17(15-29)19-5-1-2-6-20(19)22/h1-2,5-10,14H,3-4,11-13H2. The van der Waals surface area contributed by atoms with Gasteiger partial charge in [0.25, 0.3) is 0 Å². The summed E-state index contributed by atoms with van der Waals surface area (Å²) in [7, 11) is 0. The van der Waals surface area contributed by atoms with Gasteiger partial charge in [0.1, 0.15) is 5.82 Å². The van der Waals surface area contributed by atoms with Crippen LogP contribution in [0.15, 0.2) is 54.6 Å². The van der Waals surface area contributed by atoms with Crippen LogP contribution in [0.4, 0.5) is 23.2 Å². The van der Waals surface area contributed by atoms with Gasteiger partial charge in [-0.3, -0.25) is 14.8 Å². The number of hydrogen-bond donors (Lipinski definition) is 0. The Balaban J connectivity index is 1.70. The fourth-order valence-corrected chi connectivity index (χ4v) is 4.10. The van der Waals surface area contributed by atoms with Crippen molar-refractivity contribution in [3.05, 3.63) is 77.1 Å². The number of carbonyl (C=O) groups excluding carboxylic acids is 1. The number of rotatable bonds is 3. The number of benzene rings is 3. The number of carbonyl (C=O) groups is 1. The molecule has 1 saturated heterocycles. The predicted molar refractivity (Wildman–Crippen MR) is 112 cm³/mol. The molecule has 0 unspecified atom stereocenters. The monoisotopic (exact) mass is 441 g/mol. The topological polar surface area (TPSA) is 47.3 Å². The van der Waals surface area contributed by atoms with Crippen LogP contribution in [0.1, 0.15) is 29.5 Å². The number of amides is 1. The SMILES string of the molecule is N#Cc1ccc(N2CCCCN2C(=O)Cc2ccc(F)cc2C(F)(F)F)c2ccccc12. The summed E-state index contributed by atoms with van der Waals surface area (Å²) in [4.78, 5) is 13.1. The van der Waals surface area contributed by atoms with Gasteiger partial charge in [0, 0.05) is 23.9 Å². The lowest BCUT2D eigenvalue weighted by Gasteiger charge is -2.41. The number of fused-ring (bicyclic) bond motifs is 1. The molecule has 0 atom stereocenters. The molecule has 1 fully saturated rings. The molecule has 1 amide bonds. The van der Waals surface area contributed by atoms with Crippen molar-refractivity contribution in [1.29, 1.82) is 5.26 Å². The van der Waals surface area contributed by atoms with Crippen LogP contribution in [0.2, 0.25) is 0 Å². The highest BCUT2D eigenvalue weighted by Crippen LogP contribution is 2.35. The van der Waals surface area contributed by atoms with E-state index in [9.17, 15) is 27.6 Å². The van der Waals surface area contributed by atoms with Crippen molar-refractivity contribution in [2.45, 2.75) is 25.4 Å². The van der Waals surface area contributed by atoms with E-state index >= 15 is 0 Å². The Morgan fingerprint density at radius 1 is 1.00 bits per heavy atom. The van der Waals surface area contributed by atoms with Crippen LogP contribution >= 0.6 is 0 Å². The van der Waals surface area contributed by atoms with Gasteiger partial charge in [0.05, 0.1) is 29.3 Å². The van der Waals surface area contributed by atoms with E-state index in [2.05, 4.69) is 6.07 Å². The minimum Gasteiger partial charge on any atom is -0.282 e. The summed E-state index contributed by atoms with van der Waals surface area (Å²) in [6, 6.07) is 15.3. The molecule has 0 radical (unpaired) electrons. The van der Waals surface area contributed by atoms with Gasteiger partial charge in [0.2, 0.25) is 5.91 Å². The van der Waals surface area contributed by atoms with Crippen molar-refractivity contribution in [1.82, 2.24) is 5.01 Å². The Hall–Kier alpha value is -3.60. The molecular formula is C24H19F4N3O. The van der Waals surface area contributed by atoms with E-state index in [-0.39, 0.29) is 5.56 Å². The molecule has 0 bridgehead atoms. The number of nitrogens with zero attached hydrogens (tertiary/aromatic N) is 3. The van der Waals surface area contributed by atoms with E-state index < -0.39 is 29.9 Å². The quantitative estimate of drug-likeness (QED) is 0.508. The zero-order valence-corrected chi connectivity index (χ0v) is 17.0. The van der Waals surface area contributed by atoms with Crippen molar-refractivity contribution < 1.29 is 22.4 Å². The van der Waals surface area contributed by atoms with Gasteiger partial charge in [-0.2, -0.15) is 18.4 Å². The van der Waals surface area contributed by atoms with Crippen molar-refractivity contribution in [2.75, 3.05) is 18.1 Å². The molecule has 32 heavy (non-hydrogen) atoms. The molecule has 4 rings (SSSR count). The normalized spacial score (nSPS) is 14.5. The lowest BCUT2D eigenvalue weighted by Crippen LogP contribution is -2.51. The summed E-state index contributed by atoms with van der Waals surface area (Å²) in [5.41, 5.74) is -0.194. The second-order valence-electron chi connectivity index (χ2n) is 7.61. The summed E-state index contributed by atoms with van der Waals surface area (Å²) in [5, 5.41) is 14.2. The predicted octanol–water partition coefficient (Wildman–Crippen LogP) is 5.46. The van der Waals surface area contributed by atoms with Crippen LogP contribution in [-0.2, 0) is 17.4 Å². The molecule has 0 N–H and O–H groups in total. The molecule has 0 aromatic heterocycles. The Labute approximate surface area is 182 Å². The highest BCUT2D eigenvalue weighted by Gasteiger charge is 2.35. The Bertz CT molecular complexity index is 1220. The zero-order valence-electron chi connectivity index (χ0n) is 17.0. The first-order valence-electron chi connectivity index (χ1n) is 10.1. The maximum atomic E-state index is 13.4. The van der Waals surface area contributed by atoms with E-state index in [1.54, 1.807) is 17.1 Å². The van der Waals surface area contributed by atoms with E-state index in [4.69, 9.17) is 0 Å². The smallest absolute Gasteiger partial charge is 0.282 e. The van der Waals surface area contributed by atoms with Gasteiger partial charge in [0.15, 0.2) is 0 Å². The van der Waals surface area contributed by atoms with Crippen LogP contribution in [0.3, 0.4) is 0 Å². The van der Waals surface area contributed by atoms with Crippen LogP contribution < -0.4 is 5.01 Å². The molecular weight excluding hydrogens is 422 g/mol. The average molecular weight is 441 g/mol. The third-order valence-corrected chi connectivity index (χ3v) is 5.59. The molecule has 4 nitrogen and oxygen atoms in total. The maximum absolute atomic E-state index is 13.4. The molecule has 1 aliphatic rings. The first kappa shape index (κ1) is 21.6. The number of halogens is 4. The fourth-order valence-electron chi connectivity index (χ4n) is 4.10. The molecule has 164 valence electrons. The number of anilines is 1. The Morgan fingerprint density at radius 2 is 1.72 bits per heavy atom. The third kappa shape index (κ3) is 4.11. The zero-order chi connectivity index (χ0) is 22.9. The second-order valence-corrected chi connectivity index (χ2v) is 7.61. The Morgan fingerprint density at radius 3 is 2.44 bits per heavy atom. The van der Waals surface area contributed by atoms with E-state index in [1.165, 1.54) is 5.01 Å². The summed E-state index contributed by atoms with van der Waals surface area (Å²) in [5.74, 6) is -1.51. The molecule has 3 aromatic carbocycles. The molecule has 0 aliphatic carbocycles. The maximum Gasteiger partial charge on any atom is 0.416 e. The summed E-state index contributed by atoms with van der Waals surface area (Å²) in [6.45, 7) is 0.868. The van der Waals surface area contributed by atoms with Gasteiger partial charge >= 0.3 is 6.18 Å². The van der Waals surface area contributed by atoms with Gasteiger partial charge in [-0.15, -0.1) is 0 Å². The molecule has 0 spiro atoms. The highest BCUT2D eigenvalue weighted by molar-refractivity contribution is 5.98. The van der Waals surface area contributed by atoms with Crippen LogP contribution in [-0.4, -0.2) is 24.0 Å². The Kier molecular flexibility index (Phi) is 5.74. The average Bonchev–Trinajstić information content (AvgIpc) is 2.78. The molecule has 8 heteroatoms. The van der Waals surface area contributed by atoms with Crippen LogP contribution in [0.25, 0.3) is 10.8 Å². The molecule has 0 saturated carbocycles. The second kappa shape index (κ2) is 8.50. The minimum absolute atomic E-state index is 0.265. The van der Waals surface area contributed by atoms with Gasteiger partial charge in [-0.1, -0.05) is 30.3 Å². The van der Waals surface area contributed by atoms with Crippen molar-refractivity contribution in [3.8, 4) is 6.07 Å². The number of hydrazine groups is 1. The number of nitriles is 1. The molecule has 1 heterocycles. The lowest BCUT2D eigenvalue weighted by atomic mass is 10.0. The number of alkyl halides is 3. The summed E-state index contributed by atoms with van der Waals surface area (Å²) < 4.78 is 53.6. The fraction of sp³-hybridized carbons (Fsp3) is 0.250. The largest absolute Gasteiger partial charge is 0.416 e. The highest BCUT2D eigenvalue weighted by atomic mass is 19.4. The van der Waals surface area contributed by atoms with E-state index in [0.717, 1.165) is 29.3 Å². The first-order chi connectivity index (χ1) is 15.3. The molecule has 1 aliphatic heterocycles. The summed E-state index contributed by atoms with van der Waals surface area (Å²) >= 11 is 0. The van der Waals surface area contributed by atoms with Crippen molar-refractivity contribution in [3.63, 3.8) is 0 Å². The summed E-state index contributed by atoms with van der Waals surface area (Å²) in [6.07, 6.45) is -3.74. The first-order valence-corrected chi connectivity index (χ1v) is 10.1. The van der Waals surface area contributed by atoms with Crippen molar-refractivity contribution in [2.24, 2.45) is 0 Å². The van der Waals surface area contributed by atoms with E-state index in [0.29, 0.717) is 36.8 Å². The third-order valence-electron chi connectivity index (χ3n) is 5.59. The lowest BCUT2D eigenvalue weighted by molar-refractivity contribution is -0.139. The van der Waals surface area contributed by atoms with E-state index in [1.807, 2.05) is 24.3 Å². The number of hydrogen-bond acceptors (Lipinski definition) is 3. The van der Waals surface area contributed by atoms with Gasteiger partial charge < -0.3 is 0 Å². The van der Waals surface area contributed by atoms with Crippen LogP contribution in [0.5, 0.6) is 0 Å². The minimum atomic E-state index is -4.76. The van der Waals surface area contributed by atoms with Crippen molar-refractivity contribution >= 4 is 22.4 Å².